The van der Waals surface area contributed by atoms with Crippen LogP contribution in [0.4, 0.5) is 4.39 Å². The summed E-state index contributed by atoms with van der Waals surface area (Å²) >= 11 is 0. The van der Waals surface area contributed by atoms with Crippen LogP contribution in [0.5, 0.6) is 0 Å². The summed E-state index contributed by atoms with van der Waals surface area (Å²) in [5.74, 6) is 0.779. The second-order valence-corrected chi connectivity index (χ2v) is 8.26. The Bertz CT molecular complexity index is 938. The van der Waals surface area contributed by atoms with Crippen molar-refractivity contribution >= 4 is 11.9 Å². The van der Waals surface area contributed by atoms with Gasteiger partial charge in [-0.25, -0.2) is 4.39 Å². The molecule has 1 aliphatic heterocycles. The summed E-state index contributed by atoms with van der Waals surface area (Å²) in [5.41, 5.74) is 3.36. The van der Waals surface area contributed by atoms with E-state index in [1.807, 2.05) is 23.1 Å². The van der Waals surface area contributed by atoms with Crippen molar-refractivity contribution in [3.8, 4) is 0 Å². The van der Waals surface area contributed by atoms with Crippen molar-refractivity contribution in [3.05, 3.63) is 71.0 Å². The van der Waals surface area contributed by atoms with Gasteiger partial charge in [0.2, 0.25) is 5.91 Å². The molecule has 0 bridgehead atoms. The first-order chi connectivity index (χ1) is 14.6. The normalized spacial score (nSPS) is 17.9. The van der Waals surface area contributed by atoms with Crippen molar-refractivity contribution in [1.82, 2.24) is 15.5 Å². The van der Waals surface area contributed by atoms with E-state index in [-0.39, 0.29) is 17.1 Å². The number of carbonyl (C=O) groups excluding carboxylic acids is 1. The number of hydrogen-bond donors (Lipinski definition) is 2. The molecule has 2 fully saturated rings. The lowest BCUT2D eigenvalue weighted by atomic mass is 9.96. The number of benzene rings is 2. The molecule has 1 aliphatic carbocycles. The molecule has 0 atom stereocenters. The number of aliphatic imine (C=N–C) groups is 1. The molecular formula is C24H29FN4O. The van der Waals surface area contributed by atoms with Crippen LogP contribution in [0, 0.1) is 5.82 Å². The highest BCUT2D eigenvalue weighted by Crippen LogP contribution is 2.47. The molecule has 1 amide bonds. The van der Waals surface area contributed by atoms with E-state index in [2.05, 4.69) is 27.8 Å². The Kier molecular flexibility index (Phi) is 6.02. The quantitative estimate of drug-likeness (QED) is 0.546. The molecule has 1 heterocycles. The van der Waals surface area contributed by atoms with Crippen molar-refractivity contribution in [3.63, 3.8) is 0 Å². The lowest BCUT2D eigenvalue weighted by Crippen LogP contribution is -2.41. The minimum absolute atomic E-state index is 0.00621. The number of nitrogens with zero attached hydrogens (tertiary/aromatic N) is 2. The molecule has 0 radical (unpaired) electrons. The van der Waals surface area contributed by atoms with Gasteiger partial charge in [0.05, 0.1) is 0 Å². The SMILES string of the molecule is CN=C(NCc1ccccc1CN1CCCC1=O)NCC1(c2cccc(F)c2)CC1. The Morgan fingerprint density at radius 3 is 2.60 bits per heavy atom. The monoisotopic (exact) mass is 408 g/mol. The maximum Gasteiger partial charge on any atom is 0.222 e. The van der Waals surface area contributed by atoms with E-state index in [1.165, 1.54) is 6.07 Å². The van der Waals surface area contributed by atoms with Crippen LogP contribution in [-0.2, 0) is 23.3 Å². The number of amides is 1. The summed E-state index contributed by atoms with van der Waals surface area (Å²) < 4.78 is 13.6. The lowest BCUT2D eigenvalue weighted by Gasteiger charge is -2.21. The van der Waals surface area contributed by atoms with Crippen molar-refractivity contribution in [1.29, 1.82) is 0 Å². The molecule has 30 heavy (non-hydrogen) atoms. The molecule has 6 heteroatoms. The third kappa shape index (κ3) is 4.64. The molecule has 2 aromatic carbocycles. The molecule has 1 saturated carbocycles. The molecule has 0 unspecified atom stereocenters. The Labute approximate surface area is 177 Å². The van der Waals surface area contributed by atoms with Crippen LogP contribution in [0.2, 0.25) is 0 Å². The Morgan fingerprint density at radius 1 is 1.13 bits per heavy atom. The predicted octanol–water partition coefficient (Wildman–Crippen LogP) is 3.34. The average molecular weight is 409 g/mol. The fourth-order valence-electron chi connectivity index (χ4n) is 4.15. The highest BCUT2D eigenvalue weighted by molar-refractivity contribution is 5.80. The number of nitrogens with one attached hydrogen (secondary N) is 2. The molecule has 5 nitrogen and oxygen atoms in total. The summed E-state index contributed by atoms with van der Waals surface area (Å²) in [6.45, 7) is 2.85. The van der Waals surface area contributed by atoms with Crippen LogP contribution < -0.4 is 10.6 Å². The Balaban J connectivity index is 1.35. The molecule has 4 rings (SSSR count). The van der Waals surface area contributed by atoms with Crippen LogP contribution in [0.3, 0.4) is 0 Å². The number of hydrogen-bond acceptors (Lipinski definition) is 2. The van der Waals surface area contributed by atoms with Crippen molar-refractivity contribution in [2.24, 2.45) is 4.99 Å². The predicted molar refractivity (Wildman–Crippen MR) is 117 cm³/mol. The lowest BCUT2D eigenvalue weighted by molar-refractivity contribution is -0.128. The van der Waals surface area contributed by atoms with Gasteiger partial charge < -0.3 is 15.5 Å². The largest absolute Gasteiger partial charge is 0.356 e. The fourth-order valence-corrected chi connectivity index (χ4v) is 4.15. The minimum Gasteiger partial charge on any atom is -0.356 e. The van der Waals surface area contributed by atoms with Crippen LogP contribution >= 0.6 is 0 Å². The van der Waals surface area contributed by atoms with Crippen LogP contribution in [0.15, 0.2) is 53.5 Å². The molecular weight excluding hydrogens is 379 g/mol. The van der Waals surface area contributed by atoms with Gasteiger partial charge in [0.25, 0.3) is 0 Å². The van der Waals surface area contributed by atoms with E-state index in [0.29, 0.717) is 19.5 Å². The second kappa shape index (κ2) is 8.86. The summed E-state index contributed by atoms with van der Waals surface area (Å²) in [7, 11) is 1.76. The van der Waals surface area contributed by atoms with E-state index in [1.54, 1.807) is 19.2 Å². The van der Waals surface area contributed by atoms with Crippen molar-refractivity contribution in [2.75, 3.05) is 20.1 Å². The topological polar surface area (TPSA) is 56.7 Å². The van der Waals surface area contributed by atoms with Crippen LogP contribution in [-0.4, -0.2) is 36.9 Å². The number of carbonyl (C=O) groups is 1. The smallest absolute Gasteiger partial charge is 0.222 e. The highest BCUT2D eigenvalue weighted by Gasteiger charge is 2.44. The maximum atomic E-state index is 13.6. The molecule has 158 valence electrons. The summed E-state index contributed by atoms with van der Waals surface area (Å²) in [6, 6.07) is 15.1. The molecule has 1 saturated heterocycles. The van der Waals surface area contributed by atoms with Crippen molar-refractivity contribution in [2.45, 2.75) is 44.2 Å². The Morgan fingerprint density at radius 2 is 1.93 bits per heavy atom. The number of halogens is 1. The summed E-state index contributed by atoms with van der Waals surface area (Å²) in [4.78, 5) is 18.3. The van der Waals surface area contributed by atoms with Gasteiger partial charge in [0.1, 0.15) is 5.82 Å². The van der Waals surface area contributed by atoms with E-state index < -0.39 is 0 Å². The highest BCUT2D eigenvalue weighted by atomic mass is 19.1. The van der Waals surface area contributed by atoms with Crippen molar-refractivity contribution < 1.29 is 9.18 Å². The molecule has 2 aromatic rings. The molecule has 0 spiro atoms. The number of rotatable bonds is 7. The first-order valence-electron chi connectivity index (χ1n) is 10.6. The Hall–Kier alpha value is -2.89. The molecule has 0 aromatic heterocycles. The fraction of sp³-hybridized carbons (Fsp3) is 0.417. The van der Waals surface area contributed by atoms with Crippen LogP contribution in [0.25, 0.3) is 0 Å². The first-order valence-corrected chi connectivity index (χ1v) is 10.6. The van der Waals surface area contributed by atoms with Gasteiger partial charge in [-0.05, 0) is 48.1 Å². The van der Waals surface area contributed by atoms with Gasteiger partial charge >= 0.3 is 0 Å². The van der Waals surface area contributed by atoms with E-state index in [4.69, 9.17) is 0 Å². The van der Waals surface area contributed by atoms with E-state index >= 15 is 0 Å². The minimum atomic E-state index is -0.186. The number of guanidine groups is 1. The third-order valence-corrected chi connectivity index (χ3v) is 6.21. The molecule has 2 aliphatic rings. The van der Waals surface area contributed by atoms with Gasteiger partial charge in [0.15, 0.2) is 5.96 Å². The van der Waals surface area contributed by atoms with Gasteiger partial charge in [-0.2, -0.15) is 0 Å². The van der Waals surface area contributed by atoms with Crippen LogP contribution in [0.1, 0.15) is 42.4 Å². The van der Waals surface area contributed by atoms with Gasteiger partial charge in [0, 0.05) is 45.1 Å². The average Bonchev–Trinajstić information content (AvgIpc) is 3.45. The zero-order chi connectivity index (χ0) is 21.0. The standard InChI is InChI=1S/C24H29FN4O/c1-26-23(28-17-24(11-12-24)20-8-4-9-21(25)14-20)27-15-18-6-2-3-7-19(18)16-29-13-5-10-22(29)30/h2-4,6-9,14H,5,10-13,15-17H2,1H3,(H2,26,27,28). The third-order valence-electron chi connectivity index (χ3n) is 6.21. The zero-order valence-electron chi connectivity index (χ0n) is 17.5. The van der Waals surface area contributed by atoms with E-state index in [0.717, 1.165) is 55.0 Å². The summed E-state index contributed by atoms with van der Waals surface area (Å²) in [5, 5.41) is 6.80. The maximum absolute atomic E-state index is 13.6. The van der Waals surface area contributed by atoms with Gasteiger partial charge in [-0.1, -0.05) is 36.4 Å². The molecule has 2 N–H and O–H groups in total. The van der Waals surface area contributed by atoms with Gasteiger partial charge in [-0.3, -0.25) is 9.79 Å². The zero-order valence-corrected chi connectivity index (χ0v) is 17.5. The second-order valence-electron chi connectivity index (χ2n) is 8.26. The van der Waals surface area contributed by atoms with Gasteiger partial charge in [-0.15, -0.1) is 0 Å². The summed E-state index contributed by atoms with van der Waals surface area (Å²) in [6.07, 6.45) is 3.70. The first kappa shape index (κ1) is 20.4. The van der Waals surface area contributed by atoms with E-state index in [9.17, 15) is 9.18 Å². The number of likely N-dealkylation sites (tertiary alicyclic amines) is 1.